The molecule has 0 heterocycles. The summed E-state index contributed by atoms with van der Waals surface area (Å²) in [5, 5.41) is 6.86. The monoisotopic (exact) mass is 228 g/mol. The second-order valence-corrected chi connectivity index (χ2v) is 3.12. The summed E-state index contributed by atoms with van der Waals surface area (Å²) in [4.78, 5) is 30.6. The van der Waals surface area contributed by atoms with Crippen LogP contribution >= 0.6 is 0 Å². The third-order valence-electron chi connectivity index (χ3n) is 1.76. The second kappa shape index (κ2) is 7.56. The van der Waals surface area contributed by atoms with Gasteiger partial charge in [0.2, 0.25) is 0 Å². The van der Waals surface area contributed by atoms with Crippen molar-refractivity contribution in [3.05, 3.63) is 0 Å². The van der Waals surface area contributed by atoms with E-state index in [1.807, 2.05) is 13.8 Å². The van der Waals surface area contributed by atoms with Gasteiger partial charge in [0.15, 0.2) is 0 Å². The van der Waals surface area contributed by atoms with Crippen molar-refractivity contribution < 1.29 is 19.3 Å². The van der Waals surface area contributed by atoms with E-state index in [0.717, 1.165) is 0 Å². The van der Waals surface area contributed by atoms with Gasteiger partial charge in [-0.15, -0.1) is 0 Å². The molecular weight excluding hydrogens is 212 g/mol. The number of oxime groups is 2. The molecule has 0 aliphatic heterocycles. The first-order chi connectivity index (χ1) is 7.51. The molecule has 0 spiro atoms. The van der Waals surface area contributed by atoms with Crippen molar-refractivity contribution in [2.45, 2.75) is 40.5 Å². The van der Waals surface area contributed by atoms with Crippen molar-refractivity contribution in [2.75, 3.05) is 0 Å². The van der Waals surface area contributed by atoms with Gasteiger partial charge in [0.1, 0.15) is 0 Å². The van der Waals surface area contributed by atoms with E-state index in [1.165, 1.54) is 0 Å². The van der Waals surface area contributed by atoms with Crippen LogP contribution in [0.2, 0.25) is 0 Å². The Morgan fingerprint density at radius 1 is 0.875 bits per heavy atom. The van der Waals surface area contributed by atoms with Crippen molar-refractivity contribution in [1.82, 2.24) is 0 Å². The Hall–Kier alpha value is -1.72. The molecule has 6 heteroatoms. The number of nitrogens with zero attached hydrogens (tertiary/aromatic N) is 2. The molecule has 0 radical (unpaired) electrons. The van der Waals surface area contributed by atoms with E-state index in [2.05, 4.69) is 20.0 Å². The van der Waals surface area contributed by atoms with Gasteiger partial charge in [0.25, 0.3) is 0 Å². The smallest absolute Gasteiger partial charge is 0.306 e. The Morgan fingerprint density at radius 3 is 1.44 bits per heavy atom. The van der Waals surface area contributed by atoms with Crippen LogP contribution in [0.25, 0.3) is 0 Å². The van der Waals surface area contributed by atoms with Crippen LogP contribution in [0.4, 0.5) is 0 Å². The van der Waals surface area contributed by atoms with E-state index < -0.39 is 11.9 Å². The number of carbonyl (C=O) groups excluding carboxylic acids is 2. The van der Waals surface area contributed by atoms with Crippen molar-refractivity contribution in [3.63, 3.8) is 0 Å². The lowest BCUT2D eigenvalue weighted by molar-refractivity contribution is -0.167. The molecule has 0 saturated heterocycles. The van der Waals surface area contributed by atoms with Crippen LogP contribution in [0.3, 0.4) is 0 Å². The fourth-order valence-corrected chi connectivity index (χ4v) is 0.442. The van der Waals surface area contributed by atoms with E-state index >= 15 is 0 Å². The molecule has 0 atom stereocenters. The van der Waals surface area contributed by atoms with Crippen molar-refractivity contribution in [1.29, 1.82) is 0 Å². The van der Waals surface area contributed by atoms with Crippen LogP contribution in [-0.2, 0) is 19.3 Å². The quantitative estimate of drug-likeness (QED) is 0.317. The van der Waals surface area contributed by atoms with Crippen molar-refractivity contribution >= 4 is 23.4 Å². The summed E-state index contributed by atoms with van der Waals surface area (Å²) in [5.41, 5.74) is 1.21. The molecular formula is C10H16N2O4. The Labute approximate surface area is 94.3 Å². The van der Waals surface area contributed by atoms with Gasteiger partial charge < -0.3 is 9.68 Å². The Balaban J connectivity index is 4.16. The molecule has 0 rings (SSSR count). The van der Waals surface area contributed by atoms with Crippen LogP contribution < -0.4 is 0 Å². The van der Waals surface area contributed by atoms with Crippen LogP contribution in [-0.4, -0.2) is 23.4 Å². The van der Waals surface area contributed by atoms with Crippen LogP contribution in [0.5, 0.6) is 0 Å². The van der Waals surface area contributed by atoms with Gasteiger partial charge in [-0.1, -0.05) is 24.2 Å². The topological polar surface area (TPSA) is 77.3 Å². The second-order valence-electron chi connectivity index (χ2n) is 3.12. The lowest BCUT2D eigenvalue weighted by Gasteiger charge is -1.97. The predicted octanol–water partition coefficient (Wildman–Crippen LogP) is 1.64. The van der Waals surface area contributed by atoms with Gasteiger partial charge in [-0.2, -0.15) is 0 Å². The van der Waals surface area contributed by atoms with Gasteiger partial charge in [0.05, 0.1) is 11.4 Å². The highest BCUT2D eigenvalue weighted by Crippen LogP contribution is 1.92. The van der Waals surface area contributed by atoms with Gasteiger partial charge in [-0.3, -0.25) is 0 Å². The normalized spacial score (nSPS) is 12.2. The van der Waals surface area contributed by atoms with Crippen molar-refractivity contribution in [3.8, 4) is 0 Å². The molecule has 0 aromatic heterocycles. The zero-order chi connectivity index (χ0) is 12.6. The number of hydrogen-bond donors (Lipinski definition) is 0. The first kappa shape index (κ1) is 14.3. The first-order valence-corrected chi connectivity index (χ1v) is 5.00. The van der Waals surface area contributed by atoms with Gasteiger partial charge >= 0.3 is 11.9 Å². The molecule has 0 amide bonds. The van der Waals surface area contributed by atoms with Gasteiger partial charge in [-0.05, 0) is 26.7 Å². The molecule has 0 aromatic rings. The van der Waals surface area contributed by atoms with Gasteiger partial charge in [-0.25, -0.2) is 9.59 Å². The zero-order valence-corrected chi connectivity index (χ0v) is 9.94. The largest absolute Gasteiger partial charge is 0.445 e. The third-order valence-corrected chi connectivity index (χ3v) is 1.76. The lowest BCUT2D eigenvalue weighted by atomic mass is 10.3. The first-order valence-electron chi connectivity index (χ1n) is 5.00. The van der Waals surface area contributed by atoms with Crippen LogP contribution in [0.1, 0.15) is 40.5 Å². The Morgan fingerprint density at radius 2 is 1.19 bits per heavy atom. The molecule has 6 nitrogen and oxygen atoms in total. The molecule has 0 saturated carbocycles. The maximum atomic E-state index is 11.0. The van der Waals surface area contributed by atoms with E-state index in [0.29, 0.717) is 24.3 Å². The fourth-order valence-electron chi connectivity index (χ4n) is 0.442. The zero-order valence-electron chi connectivity index (χ0n) is 9.94. The summed E-state index contributed by atoms with van der Waals surface area (Å²) in [5.74, 6) is -2.36. The average Bonchev–Trinajstić information content (AvgIpc) is 2.31. The van der Waals surface area contributed by atoms with Crippen molar-refractivity contribution in [2.24, 2.45) is 10.3 Å². The van der Waals surface area contributed by atoms with Gasteiger partial charge in [0, 0.05) is 0 Å². The van der Waals surface area contributed by atoms with Crippen LogP contribution in [0.15, 0.2) is 10.3 Å². The predicted molar refractivity (Wildman–Crippen MR) is 59.0 cm³/mol. The summed E-state index contributed by atoms with van der Waals surface area (Å²) in [6.45, 7) is 7.05. The maximum Gasteiger partial charge on any atom is 0.445 e. The molecule has 0 N–H and O–H groups in total. The minimum atomic E-state index is -1.18. The van der Waals surface area contributed by atoms with E-state index in [4.69, 9.17) is 0 Å². The Bertz CT molecular complexity index is 289. The van der Waals surface area contributed by atoms with Crippen LogP contribution in [0, 0.1) is 0 Å². The molecule has 0 aliphatic rings. The molecule has 0 bridgehead atoms. The number of rotatable bonds is 4. The minimum absolute atomic E-state index is 0.606. The molecule has 0 aromatic carbocycles. The summed E-state index contributed by atoms with van der Waals surface area (Å²) < 4.78 is 0. The van der Waals surface area contributed by atoms with E-state index in [1.54, 1.807) is 13.8 Å². The summed E-state index contributed by atoms with van der Waals surface area (Å²) >= 11 is 0. The lowest BCUT2D eigenvalue weighted by Crippen LogP contribution is -2.17. The van der Waals surface area contributed by atoms with E-state index in [9.17, 15) is 9.59 Å². The molecule has 0 aliphatic carbocycles. The number of hydrogen-bond acceptors (Lipinski definition) is 6. The highest BCUT2D eigenvalue weighted by Gasteiger charge is 2.18. The highest BCUT2D eigenvalue weighted by atomic mass is 16.7. The molecule has 90 valence electrons. The SMILES string of the molecule is CCC(C)=NOC(=O)C(=O)ON=C(C)CC. The molecule has 16 heavy (non-hydrogen) atoms. The summed E-state index contributed by atoms with van der Waals surface area (Å²) in [7, 11) is 0. The maximum absolute atomic E-state index is 11.0. The highest BCUT2D eigenvalue weighted by molar-refractivity contribution is 6.29. The third kappa shape index (κ3) is 5.90. The summed E-state index contributed by atoms with van der Waals surface area (Å²) in [6.07, 6.45) is 1.27. The minimum Gasteiger partial charge on any atom is -0.306 e. The number of carbonyl (C=O) groups is 2. The fraction of sp³-hybridized carbons (Fsp3) is 0.600. The molecule has 0 unspecified atom stereocenters. The average molecular weight is 228 g/mol. The molecule has 0 fully saturated rings. The summed E-state index contributed by atoms with van der Waals surface area (Å²) in [6, 6.07) is 0. The van der Waals surface area contributed by atoms with E-state index in [-0.39, 0.29) is 0 Å². The standard InChI is InChI=1S/C10H16N2O4/c1-5-7(3)11-15-9(13)10(14)16-12-8(4)6-2/h5-6H2,1-4H3. The Kier molecular flexibility index (Phi) is 6.74.